The molecule has 21 heavy (non-hydrogen) atoms. The zero-order chi connectivity index (χ0) is 15.0. The minimum absolute atomic E-state index is 0.00785. The number of nitrogens with one attached hydrogen (secondary N) is 1. The SMILES string of the molecule is CCCc1c(Cl)[nH]c(=O)n(C2CCN3CCCC3C2)c1=O. The molecule has 2 unspecified atom stereocenters. The van der Waals surface area contributed by atoms with Crippen LogP contribution < -0.4 is 11.2 Å². The number of rotatable bonds is 3. The maximum atomic E-state index is 12.6. The lowest BCUT2D eigenvalue weighted by molar-refractivity contribution is 0.151. The molecule has 5 nitrogen and oxygen atoms in total. The monoisotopic (exact) mass is 311 g/mol. The molecule has 0 aromatic carbocycles. The van der Waals surface area contributed by atoms with Crippen molar-refractivity contribution in [2.75, 3.05) is 13.1 Å². The van der Waals surface area contributed by atoms with E-state index in [1.54, 1.807) is 0 Å². The van der Waals surface area contributed by atoms with Crippen LogP contribution in [0.2, 0.25) is 5.15 Å². The number of fused-ring (bicyclic) bond motifs is 1. The van der Waals surface area contributed by atoms with E-state index in [0.29, 0.717) is 18.0 Å². The van der Waals surface area contributed by atoms with Crippen LogP contribution in [0.1, 0.15) is 50.6 Å². The highest BCUT2D eigenvalue weighted by Gasteiger charge is 2.33. The Morgan fingerprint density at radius 3 is 2.81 bits per heavy atom. The predicted molar refractivity (Wildman–Crippen MR) is 83.2 cm³/mol. The Bertz CT molecular complexity index is 637. The molecule has 0 amide bonds. The highest BCUT2D eigenvalue weighted by atomic mass is 35.5. The maximum absolute atomic E-state index is 12.6. The standard InChI is InChI=1S/C15H22ClN3O2/c1-2-4-12-13(16)17-15(21)19(14(12)20)11-6-8-18-7-3-5-10(18)9-11/h10-11H,2-9H2,1H3,(H,17,21). The molecule has 116 valence electrons. The molecule has 6 heteroatoms. The van der Waals surface area contributed by atoms with Crippen molar-refractivity contribution < 1.29 is 0 Å². The summed E-state index contributed by atoms with van der Waals surface area (Å²) >= 11 is 6.04. The third-order valence-electron chi connectivity index (χ3n) is 4.84. The van der Waals surface area contributed by atoms with Crippen LogP contribution in [0.15, 0.2) is 9.59 Å². The zero-order valence-electron chi connectivity index (χ0n) is 12.4. The summed E-state index contributed by atoms with van der Waals surface area (Å²) in [5.41, 5.74) is -0.00374. The fraction of sp³-hybridized carbons (Fsp3) is 0.733. The lowest BCUT2D eigenvalue weighted by atomic mass is 9.97. The van der Waals surface area contributed by atoms with Gasteiger partial charge < -0.3 is 4.90 Å². The molecule has 1 aromatic rings. The van der Waals surface area contributed by atoms with Gasteiger partial charge in [0.25, 0.3) is 5.56 Å². The number of piperidine rings is 1. The molecule has 2 aliphatic heterocycles. The number of aromatic nitrogens is 2. The summed E-state index contributed by atoms with van der Waals surface area (Å²) in [6.45, 7) is 4.14. The van der Waals surface area contributed by atoms with Crippen molar-refractivity contribution in [2.45, 2.75) is 57.5 Å². The van der Waals surface area contributed by atoms with Crippen LogP contribution in [0.5, 0.6) is 0 Å². The second-order valence-electron chi connectivity index (χ2n) is 6.16. The molecule has 0 radical (unpaired) electrons. The zero-order valence-corrected chi connectivity index (χ0v) is 13.2. The first kappa shape index (κ1) is 14.9. The number of H-pyrrole nitrogens is 1. The van der Waals surface area contributed by atoms with Crippen molar-refractivity contribution in [3.05, 3.63) is 31.6 Å². The van der Waals surface area contributed by atoms with Gasteiger partial charge in [-0.25, -0.2) is 4.79 Å². The Kier molecular flexibility index (Phi) is 4.22. The Labute approximate surface area is 128 Å². The van der Waals surface area contributed by atoms with Gasteiger partial charge in [-0.1, -0.05) is 24.9 Å². The fourth-order valence-electron chi connectivity index (χ4n) is 3.80. The minimum atomic E-state index is -0.360. The van der Waals surface area contributed by atoms with Gasteiger partial charge >= 0.3 is 5.69 Å². The Morgan fingerprint density at radius 1 is 1.24 bits per heavy atom. The number of aromatic amines is 1. The van der Waals surface area contributed by atoms with E-state index in [1.807, 2.05) is 6.92 Å². The van der Waals surface area contributed by atoms with Crippen LogP contribution in [0.4, 0.5) is 0 Å². The first-order chi connectivity index (χ1) is 10.1. The van der Waals surface area contributed by atoms with Gasteiger partial charge in [0.05, 0.1) is 5.56 Å². The number of halogens is 1. The number of nitrogens with zero attached hydrogens (tertiary/aromatic N) is 2. The third-order valence-corrected chi connectivity index (χ3v) is 5.16. The van der Waals surface area contributed by atoms with Crippen LogP contribution in [-0.4, -0.2) is 33.6 Å². The van der Waals surface area contributed by atoms with Gasteiger partial charge in [0.2, 0.25) is 0 Å². The first-order valence-electron chi connectivity index (χ1n) is 7.89. The van der Waals surface area contributed by atoms with E-state index in [1.165, 1.54) is 17.4 Å². The molecule has 0 spiro atoms. The smallest absolute Gasteiger partial charge is 0.300 e. The van der Waals surface area contributed by atoms with Crippen molar-refractivity contribution in [1.29, 1.82) is 0 Å². The summed E-state index contributed by atoms with van der Waals surface area (Å²) in [7, 11) is 0. The normalized spacial score (nSPS) is 26.0. The average molecular weight is 312 g/mol. The summed E-state index contributed by atoms with van der Waals surface area (Å²) in [6.07, 6.45) is 5.62. The summed E-state index contributed by atoms with van der Waals surface area (Å²) in [5, 5.41) is 0.210. The molecule has 0 bridgehead atoms. The molecular formula is C15H22ClN3O2. The van der Waals surface area contributed by atoms with E-state index in [-0.39, 0.29) is 22.4 Å². The molecule has 2 atom stereocenters. The summed E-state index contributed by atoms with van der Waals surface area (Å²) in [6, 6.07) is 0.536. The Balaban J connectivity index is 1.96. The molecular weight excluding hydrogens is 290 g/mol. The molecule has 1 aromatic heterocycles. The molecule has 2 aliphatic rings. The van der Waals surface area contributed by atoms with Gasteiger partial charge in [-0.15, -0.1) is 0 Å². The van der Waals surface area contributed by atoms with E-state index in [0.717, 1.165) is 32.4 Å². The van der Waals surface area contributed by atoms with Crippen molar-refractivity contribution in [2.24, 2.45) is 0 Å². The van der Waals surface area contributed by atoms with E-state index in [4.69, 9.17) is 11.6 Å². The second kappa shape index (κ2) is 5.97. The van der Waals surface area contributed by atoms with Gasteiger partial charge in [-0.3, -0.25) is 14.3 Å². The van der Waals surface area contributed by atoms with Gasteiger partial charge in [0.1, 0.15) is 5.15 Å². The van der Waals surface area contributed by atoms with Crippen molar-refractivity contribution in [1.82, 2.24) is 14.5 Å². The highest BCUT2D eigenvalue weighted by Crippen LogP contribution is 2.31. The van der Waals surface area contributed by atoms with Gasteiger partial charge in [0.15, 0.2) is 0 Å². The molecule has 0 saturated carbocycles. The summed E-state index contributed by atoms with van der Waals surface area (Å²) in [4.78, 5) is 30.0. The molecule has 1 N–H and O–H groups in total. The average Bonchev–Trinajstić information content (AvgIpc) is 2.91. The second-order valence-corrected chi connectivity index (χ2v) is 6.54. The third kappa shape index (κ3) is 2.69. The summed E-state index contributed by atoms with van der Waals surface area (Å²) < 4.78 is 1.42. The van der Waals surface area contributed by atoms with Crippen LogP contribution in [0.3, 0.4) is 0 Å². The van der Waals surface area contributed by atoms with E-state index >= 15 is 0 Å². The van der Waals surface area contributed by atoms with E-state index in [2.05, 4.69) is 9.88 Å². The van der Waals surface area contributed by atoms with Crippen LogP contribution in [0, 0.1) is 0 Å². The van der Waals surface area contributed by atoms with Gasteiger partial charge in [0, 0.05) is 18.6 Å². The first-order valence-corrected chi connectivity index (χ1v) is 8.26. The largest absolute Gasteiger partial charge is 0.329 e. The van der Waals surface area contributed by atoms with E-state index < -0.39 is 0 Å². The number of hydrogen-bond donors (Lipinski definition) is 1. The lowest BCUT2D eigenvalue weighted by Gasteiger charge is -2.35. The predicted octanol–water partition coefficient (Wildman–Crippen LogP) is 1.94. The van der Waals surface area contributed by atoms with Crippen molar-refractivity contribution >= 4 is 11.6 Å². The molecule has 3 rings (SSSR count). The molecule has 3 heterocycles. The van der Waals surface area contributed by atoms with Crippen molar-refractivity contribution in [3.63, 3.8) is 0 Å². The van der Waals surface area contributed by atoms with Crippen LogP contribution in [-0.2, 0) is 6.42 Å². The molecule has 2 saturated heterocycles. The van der Waals surface area contributed by atoms with Crippen LogP contribution >= 0.6 is 11.6 Å². The molecule has 0 aliphatic carbocycles. The minimum Gasteiger partial charge on any atom is -0.300 e. The maximum Gasteiger partial charge on any atom is 0.329 e. The summed E-state index contributed by atoms with van der Waals surface area (Å²) in [5.74, 6) is 0. The Hall–Kier alpha value is -1.07. The Morgan fingerprint density at radius 2 is 2.05 bits per heavy atom. The lowest BCUT2D eigenvalue weighted by Crippen LogP contribution is -2.46. The van der Waals surface area contributed by atoms with Crippen molar-refractivity contribution in [3.8, 4) is 0 Å². The quantitative estimate of drug-likeness (QED) is 0.868. The van der Waals surface area contributed by atoms with Gasteiger partial charge in [-0.2, -0.15) is 0 Å². The fourth-order valence-corrected chi connectivity index (χ4v) is 4.05. The van der Waals surface area contributed by atoms with E-state index in [9.17, 15) is 9.59 Å². The highest BCUT2D eigenvalue weighted by molar-refractivity contribution is 6.30. The van der Waals surface area contributed by atoms with Gasteiger partial charge in [-0.05, 0) is 38.6 Å². The number of hydrogen-bond acceptors (Lipinski definition) is 3. The van der Waals surface area contributed by atoms with Crippen LogP contribution in [0.25, 0.3) is 0 Å². The molecule has 2 fully saturated rings. The topological polar surface area (TPSA) is 58.1 Å².